The fourth-order valence-corrected chi connectivity index (χ4v) is 3.22. The molecule has 0 radical (unpaired) electrons. The van der Waals surface area contributed by atoms with Gasteiger partial charge >= 0.3 is 0 Å². The lowest BCUT2D eigenvalue weighted by Crippen LogP contribution is -2.44. The number of benzene rings is 1. The highest BCUT2D eigenvalue weighted by Crippen LogP contribution is 2.25. The van der Waals surface area contributed by atoms with E-state index in [1.807, 2.05) is 30.0 Å². The van der Waals surface area contributed by atoms with Gasteiger partial charge in [-0.15, -0.1) is 0 Å². The number of aromatic nitrogens is 2. The van der Waals surface area contributed by atoms with Crippen molar-refractivity contribution in [3.63, 3.8) is 0 Å². The summed E-state index contributed by atoms with van der Waals surface area (Å²) in [5, 5.41) is 0.561. The minimum Gasteiger partial charge on any atom is -0.399 e. The van der Waals surface area contributed by atoms with Gasteiger partial charge in [0.1, 0.15) is 0 Å². The minimum absolute atomic E-state index is 0.128. The van der Waals surface area contributed by atoms with Crippen LogP contribution in [0.15, 0.2) is 23.4 Å². The lowest BCUT2D eigenvalue weighted by atomic mass is 10.3. The van der Waals surface area contributed by atoms with Gasteiger partial charge in [-0.1, -0.05) is 11.8 Å². The first-order chi connectivity index (χ1) is 10.1. The molecule has 0 bridgehead atoms. The first kappa shape index (κ1) is 14.2. The third-order valence-corrected chi connectivity index (χ3v) is 4.41. The smallest absolute Gasteiger partial charge is 0.236 e. The number of carbonyl (C=O) groups excluding carboxylic acids is 1. The number of rotatable bonds is 3. The maximum atomic E-state index is 12.4. The maximum Gasteiger partial charge on any atom is 0.236 e. The van der Waals surface area contributed by atoms with E-state index in [0.717, 1.165) is 16.2 Å². The molecule has 1 aliphatic rings. The van der Waals surface area contributed by atoms with Crippen LogP contribution in [-0.2, 0) is 9.53 Å². The van der Waals surface area contributed by atoms with Crippen LogP contribution in [0.1, 0.15) is 6.92 Å². The van der Waals surface area contributed by atoms with E-state index in [-0.39, 0.29) is 11.2 Å². The van der Waals surface area contributed by atoms with E-state index in [1.165, 1.54) is 11.8 Å². The number of H-pyrrole nitrogens is 1. The Labute approximate surface area is 127 Å². The molecule has 112 valence electrons. The molecule has 1 aromatic carbocycles. The van der Waals surface area contributed by atoms with Crippen molar-refractivity contribution >= 4 is 34.4 Å². The van der Waals surface area contributed by atoms with Crippen LogP contribution in [0.3, 0.4) is 0 Å². The van der Waals surface area contributed by atoms with E-state index >= 15 is 0 Å². The lowest BCUT2D eigenvalue weighted by molar-refractivity contribution is -0.134. The molecule has 6 nitrogen and oxygen atoms in total. The highest BCUT2D eigenvalue weighted by Gasteiger charge is 2.24. The number of anilines is 1. The number of nitrogens with zero attached hydrogens (tertiary/aromatic N) is 2. The predicted molar refractivity (Wildman–Crippen MR) is 83.2 cm³/mol. The highest BCUT2D eigenvalue weighted by molar-refractivity contribution is 8.00. The molecule has 3 rings (SSSR count). The van der Waals surface area contributed by atoms with Crippen molar-refractivity contribution < 1.29 is 9.53 Å². The summed E-state index contributed by atoms with van der Waals surface area (Å²) in [5.41, 5.74) is 8.20. The van der Waals surface area contributed by atoms with Crippen molar-refractivity contribution in [3.05, 3.63) is 18.2 Å². The minimum atomic E-state index is -0.180. The molecule has 3 N–H and O–H groups in total. The number of carbonyl (C=O) groups is 1. The number of morpholine rings is 1. The Morgan fingerprint density at radius 2 is 2.24 bits per heavy atom. The zero-order valence-electron chi connectivity index (χ0n) is 11.8. The second kappa shape index (κ2) is 5.95. The van der Waals surface area contributed by atoms with Gasteiger partial charge in [0.05, 0.1) is 29.5 Å². The molecule has 1 unspecified atom stereocenters. The zero-order valence-corrected chi connectivity index (χ0v) is 12.7. The molecule has 0 spiro atoms. The van der Waals surface area contributed by atoms with Gasteiger partial charge in [-0.25, -0.2) is 4.98 Å². The van der Waals surface area contributed by atoms with Gasteiger partial charge in [0, 0.05) is 18.8 Å². The summed E-state index contributed by atoms with van der Waals surface area (Å²) in [6.07, 6.45) is 0. The molecule has 1 saturated heterocycles. The van der Waals surface area contributed by atoms with Gasteiger partial charge in [-0.3, -0.25) is 4.79 Å². The van der Waals surface area contributed by atoms with Crippen LogP contribution in [0.25, 0.3) is 11.0 Å². The molecule has 1 amide bonds. The van der Waals surface area contributed by atoms with Crippen molar-refractivity contribution in [2.75, 3.05) is 32.0 Å². The fraction of sp³-hybridized carbons (Fsp3) is 0.429. The van der Waals surface area contributed by atoms with Crippen LogP contribution >= 0.6 is 11.8 Å². The Hall–Kier alpha value is -1.73. The van der Waals surface area contributed by atoms with Crippen molar-refractivity contribution in [1.29, 1.82) is 0 Å². The maximum absolute atomic E-state index is 12.4. The molecule has 0 saturated carbocycles. The summed E-state index contributed by atoms with van der Waals surface area (Å²) < 4.78 is 5.27. The molecule has 21 heavy (non-hydrogen) atoms. The summed E-state index contributed by atoms with van der Waals surface area (Å²) in [7, 11) is 0. The number of hydrogen-bond donors (Lipinski definition) is 2. The summed E-state index contributed by atoms with van der Waals surface area (Å²) in [5.74, 6) is 0.128. The summed E-state index contributed by atoms with van der Waals surface area (Å²) in [6.45, 7) is 4.48. The molecule has 2 aromatic rings. The number of amides is 1. The van der Waals surface area contributed by atoms with Crippen molar-refractivity contribution in [1.82, 2.24) is 14.9 Å². The van der Waals surface area contributed by atoms with Crippen molar-refractivity contribution in [3.8, 4) is 0 Å². The number of imidazole rings is 1. The zero-order chi connectivity index (χ0) is 14.8. The van der Waals surface area contributed by atoms with Crippen LogP contribution in [0, 0.1) is 0 Å². The Morgan fingerprint density at radius 3 is 3.00 bits per heavy atom. The van der Waals surface area contributed by atoms with E-state index in [9.17, 15) is 4.79 Å². The van der Waals surface area contributed by atoms with Gasteiger partial charge < -0.3 is 20.4 Å². The van der Waals surface area contributed by atoms with E-state index in [4.69, 9.17) is 10.5 Å². The van der Waals surface area contributed by atoms with Crippen molar-refractivity contribution in [2.24, 2.45) is 0 Å². The summed E-state index contributed by atoms with van der Waals surface area (Å²) in [4.78, 5) is 21.9. The number of nitrogens with one attached hydrogen (secondary N) is 1. The van der Waals surface area contributed by atoms with Gasteiger partial charge in [0.25, 0.3) is 0 Å². The van der Waals surface area contributed by atoms with Crippen LogP contribution in [-0.4, -0.2) is 52.3 Å². The normalized spacial score (nSPS) is 17.1. The third kappa shape index (κ3) is 3.14. The number of thioether (sulfide) groups is 1. The van der Waals surface area contributed by atoms with Crippen molar-refractivity contribution in [2.45, 2.75) is 17.3 Å². The van der Waals surface area contributed by atoms with Crippen LogP contribution in [0.4, 0.5) is 5.69 Å². The second-order valence-electron chi connectivity index (χ2n) is 5.02. The van der Waals surface area contributed by atoms with Crippen LogP contribution < -0.4 is 5.73 Å². The third-order valence-electron chi connectivity index (χ3n) is 3.44. The number of ether oxygens (including phenoxy) is 1. The summed E-state index contributed by atoms with van der Waals surface area (Å²) in [6, 6.07) is 5.54. The topological polar surface area (TPSA) is 84.2 Å². The molecule has 0 aliphatic carbocycles. The van der Waals surface area contributed by atoms with Gasteiger partial charge in [0.15, 0.2) is 5.16 Å². The van der Waals surface area contributed by atoms with Gasteiger partial charge in [0.2, 0.25) is 5.91 Å². The number of aromatic amines is 1. The Balaban J connectivity index is 1.70. The number of nitrogens with two attached hydrogens (primary N) is 1. The van der Waals surface area contributed by atoms with E-state index < -0.39 is 0 Å². The molecule has 1 atom stereocenters. The van der Waals surface area contributed by atoms with Gasteiger partial charge in [-0.05, 0) is 25.1 Å². The largest absolute Gasteiger partial charge is 0.399 e. The average molecular weight is 306 g/mol. The van der Waals surface area contributed by atoms with Crippen LogP contribution in [0.2, 0.25) is 0 Å². The van der Waals surface area contributed by atoms with E-state index in [0.29, 0.717) is 32.0 Å². The van der Waals surface area contributed by atoms with E-state index in [2.05, 4.69) is 9.97 Å². The monoisotopic (exact) mass is 306 g/mol. The average Bonchev–Trinajstić information content (AvgIpc) is 2.88. The molecule has 1 fully saturated rings. The fourth-order valence-electron chi connectivity index (χ4n) is 2.32. The molecule has 2 heterocycles. The number of fused-ring (bicyclic) bond motifs is 1. The Morgan fingerprint density at radius 1 is 1.48 bits per heavy atom. The first-order valence-corrected chi connectivity index (χ1v) is 7.80. The molecular weight excluding hydrogens is 288 g/mol. The molecule has 1 aromatic heterocycles. The first-order valence-electron chi connectivity index (χ1n) is 6.92. The predicted octanol–water partition coefficient (Wildman–Crippen LogP) is 1.48. The van der Waals surface area contributed by atoms with Crippen LogP contribution in [0.5, 0.6) is 0 Å². The quantitative estimate of drug-likeness (QED) is 0.663. The highest BCUT2D eigenvalue weighted by atomic mass is 32.2. The van der Waals surface area contributed by atoms with E-state index in [1.54, 1.807) is 0 Å². The molecule has 1 aliphatic heterocycles. The number of nitrogen functional groups attached to an aromatic ring is 1. The Kier molecular flexibility index (Phi) is 4.03. The Bertz CT molecular complexity index is 651. The molecule has 7 heteroatoms. The lowest BCUT2D eigenvalue weighted by Gasteiger charge is -2.28. The van der Waals surface area contributed by atoms with Gasteiger partial charge in [-0.2, -0.15) is 0 Å². The second-order valence-corrected chi connectivity index (χ2v) is 6.35. The summed E-state index contributed by atoms with van der Waals surface area (Å²) >= 11 is 1.44. The SMILES string of the molecule is CC(Sc1nc2ccc(N)cc2[nH]1)C(=O)N1CCOCC1. The number of hydrogen-bond acceptors (Lipinski definition) is 5. The molecular formula is C14H18N4O2S. The standard InChI is InChI=1S/C14H18N4O2S/c1-9(13(19)18-4-6-20-7-5-18)21-14-16-11-3-2-10(15)8-12(11)17-14/h2-3,8-9H,4-7,15H2,1H3,(H,16,17).